The smallest absolute Gasteiger partial charge is 0.272 e. The third-order valence-electron chi connectivity index (χ3n) is 3.64. The Morgan fingerprint density at radius 1 is 1.45 bits per heavy atom. The van der Waals surface area contributed by atoms with Crippen molar-refractivity contribution in [3.05, 3.63) is 33.9 Å². The fourth-order valence-electron chi connectivity index (χ4n) is 2.41. The molecule has 1 aromatic carbocycles. The molecule has 124 valence electrons. The summed E-state index contributed by atoms with van der Waals surface area (Å²) in [5.41, 5.74) is 0.257. The summed E-state index contributed by atoms with van der Waals surface area (Å²) in [6.07, 6.45) is 2.04. The van der Waals surface area contributed by atoms with E-state index >= 15 is 0 Å². The van der Waals surface area contributed by atoms with Crippen LogP contribution in [-0.4, -0.2) is 33.0 Å². The summed E-state index contributed by atoms with van der Waals surface area (Å²) < 4.78 is 27.0. The minimum absolute atomic E-state index is 0. The van der Waals surface area contributed by atoms with Gasteiger partial charge in [0.25, 0.3) is 5.69 Å². The Balaban J connectivity index is 0.00000242. The van der Waals surface area contributed by atoms with Gasteiger partial charge in [-0.1, -0.05) is 0 Å². The normalized spacial score (nSPS) is 18.5. The molecule has 0 saturated carbocycles. The zero-order valence-electron chi connectivity index (χ0n) is 12.2. The summed E-state index contributed by atoms with van der Waals surface area (Å²) in [4.78, 5) is 10.3. The number of hydrogen-bond acceptors (Lipinski definition) is 5. The molecule has 9 heteroatoms. The summed E-state index contributed by atoms with van der Waals surface area (Å²) in [6.45, 7) is 3.69. The molecule has 0 aliphatic carbocycles. The van der Waals surface area contributed by atoms with Gasteiger partial charge in [0.1, 0.15) is 0 Å². The van der Waals surface area contributed by atoms with Gasteiger partial charge in [0, 0.05) is 18.2 Å². The lowest BCUT2D eigenvalue weighted by atomic mass is 10.0. The first-order valence-electron chi connectivity index (χ1n) is 6.85. The molecule has 1 fully saturated rings. The van der Waals surface area contributed by atoms with Crippen molar-refractivity contribution < 1.29 is 13.3 Å². The van der Waals surface area contributed by atoms with Crippen LogP contribution in [0.1, 0.15) is 18.4 Å². The van der Waals surface area contributed by atoms with E-state index in [9.17, 15) is 18.5 Å². The van der Waals surface area contributed by atoms with E-state index in [0.29, 0.717) is 12.1 Å². The maximum Gasteiger partial charge on any atom is 0.272 e. The monoisotopic (exact) mass is 349 g/mol. The van der Waals surface area contributed by atoms with Gasteiger partial charge < -0.3 is 5.32 Å². The Kier molecular flexibility index (Phi) is 6.73. The zero-order chi connectivity index (χ0) is 15.5. The lowest BCUT2D eigenvalue weighted by molar-refractivity contribution is -0.385. The molecule has 7 nitrogen and oxygen atoms in total. The van der Waals surface area contributed by atoms with Gasteiger partial charge in [0.2, 0.25) is 10.0 Å². The zero-order valence-corrected chi connectivity index (χ0v) is 13.9. The van der Waals surface area contributed by atoms with Crippen LogP contribution in [0, 0.1) is 23.0 Å². The molecule has 1 unspecified atom stereocenters. The van der Waals surface area contributed by atoms with Crippen molar-refractivity contribution in [3.8, 4) is 0 Å². The predicted molar refractivity (Wildman–Crippen MR) is 85.9 cm³/mol. The van der Waals surface area contributed by atoms with Crippen molar-refractivity contribution in [2.45, 2.75) is 24.7 Å². The predicted octanol–water partition coefficient (Wildman–Crippen LogP) is 1.60. The van der Waals surface area contributed by atoms with E-state index in [-0.39, 0.29) is 28.9 Å². The van der Waals surface area contributed by atoms with Crippen LogP contribution >= 0.6 is 12.4 Å². The molecule has 22 heavy (non-hydrogen) atoms. The van der Waals surface area contributed by atoms with Crippen molar-refractivity contribution >= 4 is 28.1 Å². The molecule has 0 amide bonds. The summed E-state index contributed by atoms with van der Waals surface area (Å²) in [5, 5.41) is 14.0. The lowest BCUT2D eigenvalue weighted by Crippen LogP contribution is -2.38. The van der Waals surface area contributed by atoms with Crippen LogP contribution in [0.5, 0.6) is 0 Å². The molecular weight excluding hydrogens is 330 g/mol. The minimum atomic E-state index is -3.62. The molecule has 1 heterocycles. The topological polar surface area (TPSA) is 101 Å². The van der Waals surface area contributed by atoms with E-state index in [1.807, 2.05) is 0 Å². The maximum absolute atomic E-state index is 12.2. The van der Waals surface area contributed by atoms with Crippen molar-refractivity contribution in [2.24, 2.45) is 5.92 Å². The number of nitrogens with one attached hydrogen (secondary N) is 2. The van der Waals surface area contributed by atoms with Gasteiger partial charge in [0.15, 0.2) is 0 Å². The van der Waals surface area contributed by atoms with Gasteiger partial charge in [-0.25, -0.2) is 13.1 Å². The number of halogens is 1. The number of nitrogens with zero attached hydrogens (tertiary/aromatic N) is 1. The van der Waals surface area contributed by atoms with E-state index in [0.717, 1.165) is 25.9 Å². The Labute approximate surface area is 136 Å². The quantitative estimate of drug-likeness (QED) is 0.621. The van der Waals surface area contributed by atoms with E-state index in [1.165, 1.54) is 25.1 Å². The number of sulfonamides is 1. The van der Waals surface area contributed by atoms with Crippen LogP contribution in [-0.2, 0) is 10.0 Å². The third kappa shape index (κ3) is 4.64. The Hall–Kier alpha value is -1.22. The van der Waals surface area contributed by atoms with E-state index in [4.69, 9.17) is 0 Å². The molecule has 1 aliphatic heterocycles. The van der Waals surface area contributed by atoms with E-state index in [2.05, 4.69) is 10.0 Å². The molecule has 2 rings (SSSR count). The van der Waals surface area contributed by atoms with Crippen LogP contribution < -0.4 is 10.0 Å². The Morgan fingerprint density at radius 2 is 2.18 bits per heavy atom. The van der Waals surface area contributed by atoms with Crippen molar-refractivity contribution in [3.63, 3.8) is 0 Å². The number of rotatable bonds is 5. The second-order valence-corrected chi connectivity index (χ2v) is 7.04. The number of hydrogen-bond donors (Lipinski definition) is 2. The van der Waals surface area contributed by atoms with Crippen LogP contribution in [0.15, 0.2) is 23.1 Å². The fourth-order valence-corrected chi connectivity index (χ4v) is 3.61. The van der Waals surface area contributed by atoms with Gasteiger partial charge in [-0.2, -0.15) is 0 Å². The summed E-state index contributed by atoms with van der Waals surface area (Å²) >= 11 is 0. The highest BCUT2D eigenvalue weighted by molar-refractivity contribution is 7.89. The van der Waals surface area contributed by atoms with Gasteiger partial charge >= 0.3 is 0 Å². The standard InChI is InChI=1S/C13H19N3O4S.ClH/c1-10-7-12(4-5-13(10)16(17)18)21(19,20)15-9-11-3-2-6-14-8-11;/h4-5,7,11,14-15H,2-3,6,8-9H2,1H3;1H. The van der Waals surface area contributed by atoms with Crippen LogP contribution in [0.2, 0.25) is 0 Å². The molecule has 0 bridgehead atoms. The summed E-state index contributed by atoms with van der Waals surface area (Å²) in [6, 6.07) is 3.83. The molecule has 0 radical (unpaired) electrons. The third-order valence-corrected chi connectivity index (χ3v) is 5.06. The van der Waals surface area contributed by atoms with Crippen molar-refractivity contribution in [1.82, 2.24) is 10.0 Å². The highest BCUT2D eigenvalue weighted by Gasteiger charge is 2.20. The highest BCUT2D eigenvalue weighted by Crippen LogP contribution is 2.21. The molecule has 1 aromatic rings. The highest BCUT2D eigenvalue weighted by atomic mass is 35.5. The number of nitro benzene ring substituents is 1. The Morgan fingerprint density at radius 3 is 2.73 bits per heavy atom. The van der Waals surface area contributed by atoms with Gasteiger partial charge in [0.05, 0.1) is 9.82 Å². The SMILES string of the molecule is Cc1cc(S(=O)(=O)NCC2CCCNC2)ccc1[N+](=O)[O-].Cl. The number of nitro groups is 1. The van der Waals surface area contributed by atoms with Crippen molar-refractivity contribution in [2.75, 3.05) is 19.6 Å². The average molecular weight is 350 g/mol. The second-order valence-electron chi connectivity index (χ2n) is 5.27. The number of aryl methyl sites for hydroxylation is 1. The summed E-state index contributed by atoms with van der Waals surface area (Å²) in [7, 11) is -3.62. The molecule has 1 aliphatic rings. The van der Waals surface area contributed by atoms with Crippen LogP contribution in [0.3, 0.4) is 0 Å². The first-order valence-corrected chi connectivity index (χ1v) is 8.34. The summed E-state index contributed by atoms with van der Waals surface area (Å²) in [5.74, 6) is 0.285. The fraction of sp³-hybridized carbons (Fsp3) is 0.538. The van der Waals surface area contributed by atoms with Crippen LogP contribution in [0.4, 0.5) is 5.69 Å². The largest absolute Gasteiger partial charge is 0.316 e. The molecule has 1 atom stereocenters. The Bertz CT molecular complexity index is 630. The second kappa shape index (κ2) is 7.87. The first-order chi connectivity index (χ1) is 9.90. The minimum Gasteiger partial charge on any atom is -0.316 e. The van der Waals surface area contributed by atoms with Crippen LogP contribution in [0.25, 0.3) is 0 Å². The average Bonchev–Trinajstić information content (AvgIpc) is 2.46. The van der Waals surface area contributed by atoms with Crippen molar-refractivity contribution in [1.29, 1.82) is 0 Å². The van der Waals surface area contributed by atoms with E-state index < -0.39 is 14.9 Å². The molecule has 0 spiro atoms. The number of benzene rings is 1. The molecule has 2 N–H and O–H groups in total. The van der Waals surface area contributed by atoms with Gasteiger partial charge in [-0.15, -0.1) is 12.4 Å². The maximum atomic E-state index is 12.2. The molecular formula is C13H20ClN3O4S. The van der Waals surface area contributed by atoms with Gasteiger partial charge in [-0.3, -0.25) is 10.1 Å². The van der Waals surface area contributed by atoms with Gasteiger partial charge in [-0.05, 0) is 50.9 Å². The lowest BCUT2D eigenvalue weighted by Gasteiger charge is -2.22. The number of piperidine rings is 1. The van der Waals surface area contributed by atoms with E-state index in [1.54, 1.807) is 0 Å². The molecule has 0 aromatic heterocycles. The molecule has 1 saturated heterocycles. The first kappa shape index (κ1) is 18.8.